The van der Waals surface area contributed by atoms with Gasteiger partial charge in [-0.2, -0.15) is 0 Å². The van der Waals surface area contributed by atoms with E-state index < -0.39 is 0 Å². The minimum atomic E-state index is -0.141. The first-order valence-corrected chi connectivity index (χ1v) is 9.03. The third-order valence-corrected chi connectivity index (χ3v) is 3.80. The molecule has 122 valence electrons. The summed E-state index contributed by atoms with van der Waals surface area (Å²) in [5.41, 5.74) is 0. The maximum absolute atomic E-state index is 9.12. The Kier molecular flexibility index (Phi) is 16.9. The lowest BCUT2D eigenvalue weighted by atomic mass is 10.1. The fourth-order valence-corrected chi connectivity index (χ4v) is 2.44. The molecule has 0 saturated heterocycles. The summed E-state index contributed by atoms with van der Waals surface area (Å²) in [5.74, 6) is 0. The highest BCUT2D eigenvalue weighted by Gasteiger charge is 1.96. The maximum atomic E-state index is 9.12. The number of hydrogen-bond donors (Lipinski definition) is 1. The Hall–Kier alpha value is -0.0800. The molecule has 0 amide bonds. The quantitative estimate of drug-likeness (QED) is 0.381. The van der Waals surface area contributed by atoms with Gasteiger partial charge in [0.1, 0.15) is 0 Å². The molecule has 0 aromatic carbocycles. The van der Waals surface area contributed by atoms with Crippen molar-refractivity contribution in [2.24, 2.45) is 0 Å². The third kappa shape index (κ3) is 17.9. The molecule has 0 heterocycles. The van der Waals surface area contributed by atoms with Gasteiger partial charge in [0.25, 0.3) is 0 Å². The highest BCUT2D eigenvalue weighted by Crippen LogP contribution is 2.09. The third-order valence-electron chi connectivity index (χ3n) is 3.80. The summed E-state index contributed by atoms with van der Waals surface area (Å²) in [6.45, 7) is 5.97. The van der Waals surface area contributed by atoms with Gasteiger partial charge in [-0.15, -0.1) is 0 Å². The van der Waals surface area contributed by atoms with Crippen LogP contribution in [0.4, 0.5) is 0 Å². The average molecular weight is 286 g/mol. The van der Waals surface area contributed by atoms with E-state index in [-0.39, 0.29) is 6.10 Å². The Balaban J connectivity index is 2.92. The molecule has 20 heavy (non-hydrogen) atoms. The first-order chi connectivity index (χ1) is 9.77. The molecule has 1 atom stereocenters. The summed E-state index contributed by atoms with van der Waals surface area (Å²) in [7, 11) is 0. The SMILES string of the molecule is CCCCCCCCCCCOCCCCCC(C)O. The fraction of sp³-hybridized carbons (Fsp3) is 1.00. The van der Waals surface area contributed by atoms with E-state index in [1.165, 1.54) is 64.2 Å². The lowest BCUT2D eigenvalue weighted by Crippen LogP contribution is -2.00. The minimum Gasteiger partial charge on any atom is -0.393 e. The number of hydrogen-bond acceptors (Lipinski definition) is 2. The zero-order chi connectivity index (χ0) is 14.9. The molecule has 1 unspecified atom stereocenters. The van der Waals surface area contributed by atoms with Crippen LogP contribution in [0.25, 0.3) is 0 Å². The van der Waals surface area contributed by atoms with Crippen LogP contribution in [-0.2, 0) is 4.74 Å². The number of aliphatic hydroxyl groups excluding tert-OH is 1. The van der Waals surface area contributed by atoms with E-state index in [1.54, 1.807) is 0 Å². The molecule has 0 radical (unpaired) electrons. The molecule has 2 heteroatoms. The molecule has 1 N–H and O–H groups in total. The monoisotopic (exact) mass is 286 g/mol. The van der Waals surface area contributed by atoms with Crippen molar-refractivity contribution >= 4 is 0 Å². The predicted octanol–water partition coefficient (Wildman–Crippen LogP) is 5.48. The molecule has 0 bridgehead atoms. The number of ether oxygens (including phenoxy) is 1. The summed E-state index contributed by atoms with van der Waals surface area (Å²) in [6, 6.07) is 0. The van der Waals surface area contributed by atoms with Crippen LogP contribution >= 0.6 is 0 Å². The van der Waals surface area contributed by atoms with Crippen molar-refractivity contribution in [1.29, 1.82) is 0 Å². The van der Waals surface area contributed by atoms with Gasteiger partial charge < -0.3 is 9.84 Å². The Morgan fingerprint density at radius 2 is 1.15 bits per heavy atom. The van der Waals surface area contributed by atoms with Crippen LogP contribution in [0.1, 0.15) is 97.3 Å². The van der Waals surface area contributed by atoms with E-state index in [2.05, 4.69) is 6.92 Å². The summed E-state index contributed by atoms with van der Waals surface area (Å²) in [4.78, 5) is 0. The van der Waals surface area contributed by atoms with Crippen molar-refractivity contribution < 1.29 is 9.84 Å². The molecule has 0 aliphatic heterocycles. The zero-order valence-electron chi connectivity index (χ0n) is 14.0. The normalized spacial score (nSPS) is 12.8. The van der Waals surface area contributed by atoms with Crippen LogP contribution in [-0.4, -0.2) is 24.4 Å². The molecule has 0 rings (SSSR count). The number of rotatable bonds is 16. The Morgan fingerprint density at radius 1 is 0.700 bits per heavy atom. The lowest BCUT2D eigenvalue weighted by molar-refractivity contribution is 0.123. The van der Waals surface area contributed by atoms with Crippen LogP contribution in [0.5, 0.6) is 0 Å². The van der Waals surface area contributed by atoms with E-state index in [9.17, 15) is 0 Å². The smallest absolute Gasteiger partial charge is 0.0512 e. The van der Waals surface area contributed by atoms with Crippen LogP contribution in [0.3, 0.4) is 0 Å². The van der Waals surface area contributed by atoms with Crippen molar-refractivity contribution in [1.82, 2.24) is 0 Å². The van der Waals surface area contributed by atoms with Gasteiger partial charge in [0.2, 0.25) is 0 Å². The van der Waals surface area contributed by atoms with Crippen LogP contribution in [0.2, 0.25) is 0 Å². The van der Waals surface area contributed by atoms with Gasteiger partial charge in [-0.25, -0.2) is 0 Å². The van der Waals surface area contributed by atoms with Crippen molar-refractivity contribution in [3.8, 4) is 0 Å². The molecule has 0 aromatic rings. The van der Waals surface area contributed by atoms with E-state index in [4.69, 9.17) is 9.84 Å². The summed E-state index contributed by atoms with van der Waals surface area (Å²) in [6.07, 6.45) is 16.6. The van der Waals surface area contributed by atoms with E-state index >= 15 is 0 Å². The largest absolute Gasteiger partial charge is 0.393 e. The van der Waals surface area contributed by atoms with Crippen LogP contribution < -0.4 is 0 Å². The first kappa shape index (κ1) is 19.9. The Morgan fingerprint density at radius 3 is 1.65 bits per heavy atom. The van der Waals surface area contributed by atoms with Crippen LogP contribution in [0, 0.1) is 0 Å². The molecule has 0 aliphatic rings. The van der Waals surface area contributed by atoms with E-state index in [1.807, 2.05) is 6.92 Å². The standard InChI is InChI=1S/C18H38O2/c1-3-4-5-6-7-8-9-10-13-16-20-17-14-11-12-15-18(2)19/h18-19H,3-17H2,1-2H3. The lowest BCUT2D eigenvalue weighted by Gasteiger charge is -2.06. The highest BCUT2D eigenvalue weighted by molar-refractivity contribution is 4.49. The number of aliphatic hydroxyl groups is 1. The van der Waals surface area contributed by atoms with Crippen molar-refractivity contribution in [2.75, 3.05) is 13.2 Å². The second kappa shape index (κ2) is 17.0. The molecule has 2 nitrogen and oxygen atoms in total. The highest BCUT2D eigenvalue weighted by atomic mass is 16.5. The Labute approximate surface area is 127 Å². The molecular formula is C18H38O2. The number of unbranched alkanes of at least 4 members (excludes halogenated alkanes) is 10. The van der Waals surface area contributed by atoms with Crippen molar-refractivity contribution in [3.05, 3.63) is 0 Å². The first-order valence-electron chi connectivity index (χ1n) is 9.03. The predicted molar refractivity (Wildman–Crippen MR) is 88.2 cm³/mol. The molecular weight excluding hydrogens is 248 g/mol. The van der Waals surface area contributed by atoms with Gasteiger partial charge >= 0.3 is 0 Å². The van der Waals surface area contributed by atoms with Gasteiger partial charge in [0.15, 0.2) is 0 Å². The van der Waals surface area contributed by atoms with Gasteiger partial charge in [0.05, 0.1) is 6.10 Å². The average Bonchev–Trinajstić information content (AvgIpc) is 2.43. The summed E-state index contributed by atoms with van der Waals surface area (Å²) < 4.78 is 5.64. The van der Waals surface area contributed by atoms with Gasteiger partial charge in [-0.05, 0) is 26.2 Å². The van der Waals surface area contributed by atoms with Gasteiger partial charge in [0, 0.05) is 13.2 Å². The molecule has 0 fully saturated rings. The zero-order valence-corrected chi connectivity index (χ0v) is 14.0. The fourth-order valence-electron chi connectivity index (χ4n) is 2.44. The molecule has 0 aromatic heterocycles. The second-order valence-electron chi connectivity index (χ2n) is 6.14. The molecule has 0 saturated carbocycles. The summed E-state index contributed by atoms with van der Waals surface area (Å²) >= 11 is 0. The van der Waals surface area contributed by atoms with Gasteiger partial charge in [-0.1, -0.05) is 71.1 Å². The topological polar surface area (TPSA) is 29.5 Å². The van der Waals surface area contributed by atoms with E-state index in [0.717, 1.165) is 32.5 Å². The maximum Gasteiger partial charge on any atom is 0.0512 e. The van der Waals surface area contributed by atoms with Crippen molar-refractivity contribution in [2.45, 2.75) is 103 Å². The Bertz CT molecular complexity index is 169. The van der Waals surface area contributed by atoms with Crippen LogP contribution in [0.15, 0.2) is 0 Å². The molecule has 0 spiro atoms. The van der Waals surface area contributed by atoms with E-state index in [0.29, 0.717) is 0 Å². The second-order valence-corrected chi connectivity index (χ2v) is 6.14. The minimum absolute atomic E-state index is 0.141. The summed E-state index contributed by atoms with van der Waals surface area (Å²) in [5, 5.41) is 9.12. The molecule has 0 aliphatic carbocycles. The van der Waals surface area contributed by atoms with Gasteiger partial charge in [-0.3, -0.25) is 0 Å². The van der Waals surface area contributed by atoms with Crippen molar-refractivity contribution in [3.63, 3.8) is 0 Å².